The molecule has 3 nitrogen and oxygen atoms in total. The maximum Gasteiger partial charge on any atom is 0.132 e. The van der Waals surface area contributed by atoms with Crippen LogP contribution in [0.15, 0.2) is 140 Å². The Morgan fingerprint density at radius 2 is 0.949 bits per heavy atom. The summed E-state index contributed by atoms with van der Waals surface area (Å²) >= 11 is 0. The molecule has 0 saturated heterocycles. The highest BCUT2D eigenvalue weighted by molar-refractivity contribution is 5.79. The standard InChI is InChI=1S/C36H23NO2/c1-2-10-24(11-3-1)25-17-19-29-34(22-25)38-32-15-6-4-12-27(32)36(29)28-13-5-7-16-33(28)39-35-23-26(18-20-30(35)36)31-14-8-9-21-37-31/h1-23H. The van der Waals surface area contributed by atoms with Crippen LogP contribution in [-0.2, 0) is 5.41 Å². The lowest BCUT2D eigenvalue weighted by Crippen LogP contribution is -2.36. The second-order valence-electron chi connectivity index (χ2n) is 9.95. The molecule has 3 heteroatoms. The van der Waals surface area contributed by atoms with Gasteiger partial charge in [0, 0.05) is 34.0 Å². The zero-order chi connectivity index (χ0) is 25.8. The molecule has 0 radical (unpaired) electrons. The van der Waals surface area contributed by atoms with Gasteiger partial charge in [-0.3, -0.25) is 4.98 Å². The molecule has 184 valence electrons. The van der Waals surface area contributed by atoms with Crippen molar-refractivity contribution in [3.05, 3.63) is 162 Å². The van der Waals surface area contributed by atoms with E-state index in [-0.39, 0.29) is 0 Å². The third-order valence-corrected chi connectivity index (χ3v) is 7.86. The fourth-order valence-electron chi connectivity index (χ4n) is 6.17. The number of hydrogen-bond acceptors (Lipinski definition) is 3. The Morgan fingerprint density at radius 1 is 0.410 bits per heavy atom. The summed E-state index contributed by atoms with van der Waals surface area (Å²) in [6.45, 7) is 0. The van der Waals surface area contributed by atoms with Crippen LogP contribution in [0.3, 0.4) is 0 Å². The lowest BCUT2D eigenvalue weighted by Gasteiger charge is -2.45. The van der Waals surface area contributed by atoms with Crippen LogP contribution in [0.5, 0.6) is 23.0 Å². The van der Waals surface area contributed by atoms with Gasteiger partial charge in [-0.2, -0.15) is 0 Å². The van der Waals surface area contributed by atoms with Crippen LogP contribution in [-0.4, -0.2) is 4.98 Å². The first-order chi connectivity index (χ1) is 19.3. The quantitative estimate of drug-likeness (QED) is 0.237. The van der Waals surface area contributed by atoms with E-state index in [0.29, 0.717) is 0 Å². The maximum absolute atomic E-state index is 6.64. The van der Waals surface area contributed by atoms with Crippen LogP contribution in [0.4, 0.5) is 0 Å². The molecule has 1 aromatic heterocycles. The summed E-state index contributed by atoms with van der Waals surface area (Å²) in [6, 6.07) is 46.2. The van der Waals surface area contributed by atoms with Gasteiger partial charge in [-0.25, -0.2) is 0 Å². The van der Waals surface area contributed by atoms with E-state index >= 15 is 0 Å². The Bertz CT molecular complexity index is 1720. The number of hydrogen-bond donors (Lipinski definition) is 0. The topological polar surface area (TPSA) is 31.4 Å². The van der Waals surface area contributed by atoms with Gasteiger partial charge in [-0.05, 0) is 47.5 Å². The Morgan fingerprint density at radius 3 is 1.59 bits per heavy atom. The molecule has 5 aromatic carbocycles. The largest absolute Gasteiger partial charge is 0.457 e. The molecule has 0 aliphatic carbocycles. The number of pyridine rings is 1. The molecule has 0 saturated carbocycles. The SMILES string of the molecule is c1ccc(-c2ccc3c(c2)Oc2ccccc2C32c3ccccc3Oc3cc(-c4ccccn4)ccc32)cc1. The summed E-state index contributed by atoms with van der Waals surface area (Å²) in [7, 11) is 0. The van der Waals surface area contributed by atoms with Gasteiger partial charge in [0.05, 0.1) is 11.1 Å². The van der Waals surface area contributed by atoms with E-state index in [0.717, 1.165) is 67.6 Å². The first-order valence-electron chi connectivity index (χ1n) is 13.1. The van der Waals surface area contributed by atoms with Crippen molar-refractivity contribution in [2.45, 2.75) is 5.41 Å². The van der Waals surface area contributed by atoms with Crippen LogP contribution in [0.1, 0.15) is 22.3 Å². The zero-order valence-corrected chi connectivity index (χ0v) is 21.0. The number of ether oxygens (including phenoxy) is 2. The molecule has 2 aliphatic heterocycles. The van der Waals surface area contributed by atoms with Gasteiger partial charge in [0.1, 0.15) is 23.0 Å². The molecule has 2 aliphatic rings. The third kappa shape index (κ3) is 3.20. The van der Waals surface area contributed by atoms with E-state index in [1.807, 2.05) is 42.6 Å². The lowest BCUT2D eigenvalue weighted by molar-refractivity contribution is 0.399. The van der Waals surface area contributed by atoms with Crippen molar-refractivity contribution in [3.63, 3.8) is 0 Å². The highest BCUT2D eigenvalue weighted by Gasteiger charge is 2.50. The maximum atomic E-state index is 6.64. The fourth-order valence-corrected chi connectivity index (χ4v) is 6.17. The first kappa shape index (κ1) is 21.9. The predicted octanol–water partition coefficient (Wildman–Crippen LogP) is 9.01. The van der Waals surface area contributed by atoms with Crippen LogP contribution < -0.4 is 9.47 Å². The normalized spacial score (nSPS) is 16.2. The van der Waals surface area contributed by atoms with Gasteiger partial charge in [0.25, 0.3) is 0 Å². The fraction of sp³-hybridized carbons (Fsp3) is 0.0278. The molecule has 3 heterocycles. The van der Waals surface area contributed by atoms with E-state index in [2.05, 4.69) is 102 Å². The first-order valence-corrected chi connectivity index (χ1v) is 13.1. The Balaban J connectivity index is 1.44. The average molecular weight is 502 g/mol. The van der Waals surface area contributed by atoms with Crippen molar-refractivity contribution in [2.75, 3.05) is 0 Å². The summed E-state index contributed by atoms with van der Waals surface area (Å²) in [5.41, 5.74) is 8.00. The van der Waals surface area contributed by atoms with Crippen LogP contribution >= 0.6 is 0 Å². The van der Waals surface area contributed by atoms with Crippen molar-refractivity contribution < 1.29 is 9.47 Å². The molecular weight excluding hydrogens is 478 g/mol. The smallest absolute Gasteiger partial charge is 0.132 e. The van der Waals surface area contributed by atoms with Crippen LogP contribution in [0.2, 0.25) is 0 Å². The molecule has 0 N–H and O–H groups in total. The van der Waals surface area contributed by atoms with Gasteiger partial charge in [-0.1, -0.05) is 97.1 Å². The highest BCUT2D eigenvalue weighted by Crippen LogP contribution is 2.61. The summed E-state index contributed by atoms with van der Waals surface area (Å²) in [4.78, 5) is 4.58. The van der Waals surface area contributed by atoms with E-state index in [9.17, 15) is 0 Å². The van der Waals surface area contributed by atoms with E-state index in [1.54, 1.807) is 0 Å². The number of aromatic nitrogens is 1. The minimum absolute atomic E-state index is 0.605. The minimum Gasteiger partial charge on any atom is -0.457 e. The Kier molecular flexibility index (Phi) is 4.74. The van der Waals surface area contributed by atoms with Crippen LogP contribution in [0, 0.1) is 0 Å². The third-order valence-electron chi connectivity index (χ3n) is 7.86. The Hall–Kier alpha value is -5.15. The van der Waals surface area contributed by atoms with Gasteiger partial charge in [0.15, 0.2) is 0 Å². The second-order valence-corrected chi connectivity index (χ2v) is 9.95. The summed E-state index contributed by atoms with van der Waals surface area (Å²) in [5, 5.41) is 0. The number of para-hydroxylation sites is 2. The molecule has 1 unspecified atom stereocenters. The van der Waals surface area contributed by atoms with Crippen molar-refractivity contribution in [2.24, 2.45) is 0 Å². The number of rotatable bonds is 2. The van der Waals surface area contributed by atoms with E-state index < -0.39 is 5.41 Å². The number of nitrogens with zero attached hydrogens (tertiary/aromatic N) is 1. The molecule has 0 fully saturated rings. The molecule has 1 atom stereocenters. The number of fused-ring (bicyclic) bond motifs is 8. The second kappa shape index (κ2) is 8.44. The van der Waals surface area contributed by atoms with E-state index in [4.69, 9.17) is 9.47 Å². The summed E-state index contributed by atoms with van der Waals surface area (Å²) in [6.07, 6.45) is 1.82. The van der Waals surface area contributed by atoms with Crippen molar-refractivity contribution in [3.8, 4) is 45.4 Å². The van der Waals surface area contributed by atoms with Gasteiger partial charge >= 0.3 is 0 Å². The molecule has 8 rings (SSSR count). The highest BCUT2D eigenvalue weighted by atomic mass is 16.5. The average Bonchev–Trinajstić information content (AvgIpc) is 3.01. The lowest BCUT2D eigenvalue weighted by atomic mass is 9.62. The molecule has 39 heavy (non-hydrogen) atoms. The van der Waals surface area contributed by atoms with Crippen molar-refractivity contribution in [1.82, 2.24) is 4.98 Å². The Labute approximate surface area is 227 Å². The minimum atomic E-state index is -0.605. The number of benzene rings is 5. The zero-order valence-electron chi connectivity index (χ0n) is 21.0. The van der Waals surface area contributed by atoms with Gasteiger partial charge < -0.3 is 9.47 Å². The molecule has 6 aromatic rings. The molecule has 0 amide bonds. The van der Waals surface area contributed by atoms with Crippen molar-refractivity contribution in [1.29, 1.82) is 0 Å². The summed E-state index contributed by atoms with van der Waals surface area (Å²) in [5.74, 6) is 3.38. The molecule has 0 bridgehead atoms. The van der Waals surface area contributed by atoms with Gasteiger partial charge in [0.2, 0.25) is 0 Å². The van der Waals surface area contributed by atoms with Crippen LogP contribution in [0.25, 0.3) is 22.4 Å². The van der Waals surface area contributed by atoms with Gasteiger partial charge in [-0.15, -0.1) is 0 Å². The van der Waals surface area contributed by atoms with E-state index in [1.165, 1.54) is 0 Å². The molecule has 1 spiro atoms. The predicted molar refractivity (Wildman–Crippen MR) is 154 cm³/mol. The summed E-state index contributed by atoms with van der Waals surface area (Å²) < 4.78 is 13.3. The molecular formula is C36H23NO2. The monoisotopic (exact) mass is 501 g/mol. The van der Waals surface area contributed by atoms with Crippen molar-refractivity contribution >= 4 is 0 Å².